The van der Waals surface area contributed by atoms with Gasteiger partial charge in [0.15, 0.2) is 0 Å². The Balaban J connectivity index is 3.15. The third-order valence-corrected chi connectivity index (χ3v) is 3.77. The minimum atomic E-state index is -0.886. The van der Waals surface area contributed by atoms with Gasteiger partial charge in [-0.25, -0.2) is 9.59 Å². The lowest BCUT2D eigenvalue weighted by atomic mass is 9.84. The highest BCUT2D eigenvalue weighted by Gasteiger charge is 2.49. The number of likely N-dealkylation sites (tertiary alicyclic amines) is 1. The van der Waals surface area contributed by atoms with Crippen LogP contribution in [0.4, 0.5) is 4.79 Å². The van der Waals surface area contributed by atoms with Crippen molar-refractivity contribution in [1.29, 1.82) is 0 Å². The first-order valence-electron chi connectivity index (χ1n) is 6.52. The van der Waals surface area contributed by atoms with E-state index >= 15 is 0 Å². The maximum Gasteiger partial charge on any atom is 0.410 e. The number of nitrogens with zero attached hydrogens (tertiary/aromatic N) is 1. The summed E-state index contributed by atoms with van der Waals surface area (Å²) in [5.41, 5.74) is 0.782. The smallest absolute Gasteiger partial charge is 0.410 e. The Morgan fingerprint density at radius 2 is 1.76 bits per heavy atom. The van der Waals surface area contributed by atoms with E-state index in [1.165, 1.54) is 26.2 Å². The van der Waals surface area contributed by atoms with Crippen LogP contribution in [0.25, 0.3) is 0 Å². The van der Waals surface area contributed by atoms with Gasteiger partial charge < -0.3 is 14.2 Å². The lowest BCUT2D eigenvalue weighted by molar-refractivity contribution is -0.148. The minimum absolute atomic E-state index is 0.00128. The van der Waals surface area contributed by atoms with Crippen LogP contribution in [-0.2, 0) is 23.8 Å². The molecule has 1 aliphatic rings. The van der Waals surface area contributed by atoms with E-state index in [4.69, 9.17) is 9.47 Å². The van der Waals surface area contributed by atoms with Gasteiger partial charge in [-0.15, -0.1) is 0 Å². The Hall–Kier alpha value is -2.05. The van der Waals surface area contributed by atoms with Gasteiger partial charge in [0.05, 0.1) is 27.8 Å². The van der Waals surface area contributed by atoms with Crippen molar-refractivity contribution in [2.24, 2.45) is 11.8 Å². The molecule has 1 fully saturated rings. The van der Waals surface area contributed by atoms with Crippen molar-refractivity contribution in [3.05, 3.63) is 12.2 Å². The topological polar surface area (TPSA) is 82.1 Å². The predicted octanol–water partition coefficient (Wildman–Crippen LogP) is 0.982. The zero-order valence-electron chi connectivity index (χ0n) is 12.8. The number of hydrogen-bond donors (Lipinski definition) is 0. The van der Waals surface area contributed by atoms with Crippen LogP contribution in [-0.4, -0.2) is 56.8 Å². The number of rotatable bonds is 4. The Morgan fingerprint density at radius 3 is 2.19 bits per heavy atom. The van der Waals surface area contributed by atoms with Crippen molar-refractivity contribution in [3.63, 3.8) is 0 Å². The van der Waals surface area contributed by atoms with Crippen LogP contribution in [0.1, 0.15) is 13.3 Å². The summed E-state index contributed by atoms with van der Waals surface area (Å²) in [5.74, 6) is -1.68. The fourth-order valence-corrected chi connectivity index (χ4v) is 2.69. The highest BCUT2D eigenvalue weighted by molar-refractivity contribution is 5.83. The molecule has 0 N–H and O–H groups in total. The van der Waals surface area contributed by atoms with E-state index in [-0.39, 0.29) is 18.9 Å². The fourth-order valence-electron chi connectivity index (χ4n) is 2.69. The first-order valence-corrected chi connectivity index (χ1v) is 6.52. The van der Waals surface area contributed by atoms with Crippen LogP contribution < -0.4 is 0 Å². The Morgan fingerprint density at radius 1 is 1.14 bits per heavy atom. The van der Waals surface area contributed by atoms with Crippen molar-refractivity contribution in [3.8, 4) is 0 Å². The molecule has 0 saturated carbocycles. The van der Waals surface area contributed by atoms with Crippen LogP contribution in [0.2, 0.25) is 0 Å². The van der Waals surface area contributed by atoms with Crippen molar-refractivity contribution in [2.45, 2.75) is 19.4 Å². The molecule has 1 amide bonds. The summed E-state index contributed by atoms with van der Waals surface area (Å²) in [6, 6.07) is -0.886. The van der Waals surface area contributed by atoms with Crippen molar-refractivity contribution in [2.75, 3.05) is 27.9 Å². The van der Waals surface area contributed by atoms with Gasteiger partial charge in [0, 0.05) is 18.4 Å². The van der Waals surface area contributed by atoms with Gasteiger partial charge >= 0.3 is 18.0 Å². The second-order valence-electron chi connectivity index (χ2n) is 4.99. The summed E-state index contributed by atoms with van der Waals surface area (Å²) in [5, 5.41) is 0. The maximum atomic E-state index is 12.0. The zero-order chi connectivity index (χ0) is 16.2. The molecule has 1 saturated heterocycles. The van der Waals surface area contributed by atoms with Crippen molar-refractivity contribution >= 4 is 18.0 Å². The molecule has 0 unspecified atom stereocenters. The number of esters is 2. The number of methoxy groups -OCH3 is 3. The Kier molecular flexibility index (Phi) is 5.75. The summed E-state index contributed by atoms with van der Waals surface area (Å²) in [4.78, 5) is 36.8. The average molecular weight is 299 g/mol. The molecule has 3 atom stereocenters. The molecule has 0 aromatic carbocycles. The zero-order valence-corrected chi connectivity index (χ0v) is 12.8. The minimum Gasteiger partial charge on any atom is -0.469 e. The third-order valence-electron chi connectivity index (χ3n) is 3.77. The molecule has 21 heavy (non-hydrogen) atoms. The molecule has 1 aliphatic heterocycles. The van der Waals surface area contributed by atoms with Gasteiger partial charge in [-0.05, 0) is 6.92 Å². The van der Waals surface area contributed by atoms with E-state index in [1.54, 1.807) is 6.92 Å². The van der Waals surface area contributed by atoms with Crippen molar-refractivity contribution in [1.82, 2.24) is 4.90 Å². The van der Waals surface area contributed by atoms with Crippen molar-refractivity contribution < 1.29 is 28.6 Å². The molecule has 0 aromatic rings. The number of carbonyl (C=O) groups excluding carboxylic acids is 3. The number of ether oxygens (including phenoxy) is 3. The highest BCUT2D eigenvalue weighted by atomic mass is 16.5. The van der Waals surface area contributed by atoms with E-state index in [9.17, 15) is 14.4 Å². The molecule has 0 aromatic heterocycles. The normalized spacial score (nSPS) is 24.4. The number of carbonyl (C=O) groups is 3. The Bertz CT molecular complexity index is 447. The SMILES string of the molecule is C=C(C)[C@H]1CN(C(=O)OC)[C@H](C(=O)OC)[C@H]1CC(=O)OC. The van der Waals surface area contributed by atoms with Gasteiger partial charge in [0.25, 0.3) is 0 Å². The summed E-state index contributed by atoms with van der Waals surface area (Å²) in [7, 11) is 3.75. The predicted molar refractivity (Wildman–Crippen MR) is 73.3 cm³/mol. The van der Waals surface area contributed by atoms with Crippen LogP contribution in [0.3, 0.4) is 0 Å². The van der Waals surface area contributed by atoms with Gasteiger partial charge in [-0.2, -0.15) is 0 Å². The molecule has 0 spiro atoms. The second kappa shape index (κ2) is 7.10. The van der Waals surface area contributed by atoms with Gasteiger partial charge in [0.2, 0.25) is 0 Å². The highest BCUT2D eigenvalue weighted by Crippen LogP contribution is 2.37. The molecule has 118 valence electrons. The van der Waals surface area contributed by atoms with Gasteiger partial charge in [-0.3, -0.25) is 9.69 Å². The van der Waals surface area contributed by atoms with Crippen LogP contribution in [0.15, 0.2) is 12.2 Å². The van der Waals surface area contributed by atoms with Gasteiger partial charge in [-0.1, -0.05) is 12.2 Å². The molecule has 0 bridgehead atoms. The summed E-state index contributed by atoms with van der Waals surface area (Å²) < 4.78 is 14.1. The monoisotopic (exact) mass is 299 g/mol. The summed E-state index contributed by atoms with van der Waals surface area (Å²) in [6.45, 7) is 5.93. The standard InChI is InChI=1S/C14H21NO6/c1-8(2)10-7-15(14(18)21-5)12(13(17)20-4)9(10)6-11(16)19-3/h9-10,12H,1,6-7H2,2-5H3/t9-,10+,12-/m0/s1. The molecule has 1 heterocycles. The molecular weight excluding hydrogens is 278 g/mol. The second-order valence-corrected chi connectivity index (χ2v) is 4.99. The lowest BCUT2D eigenvalue weighted by Crippen LogP contribution is -2.44. The molecular formula is C14H21NO6. The third kappa shape index (κ3) is 3.53. The van der Waals surface area contributed by atoms with E-state index < -0.39 is 30.0 Å². The van der Waals surface area contributed by atoms with Crippen LogP contribution >= 0.6 is 0 Å². The molecule has 7 nitrogen and oxygen atoms in total. The molecule has 0 radical (unpaired) electrons. The number of amides is 1. The largest absolute Gasteiger partial charge is 0.469 e. The van der Waals surface area contributed by atoms with Crippen LogP contribution in [0.5, 0.6) is 0 Å². The first kappa shape index (κ1) is 17.0. The molecule has 7 heteroatoms. The first-order chi connectivity index (χ1) is 9.87. The molecule has 1 rings (SSSR count). The Labute approximate surface area is 123 Å². The summed E-state index contributed by atoms with van der Waals surface area (Å²) in [6.07, 6.45) is -0.634. The van der Waals surface area contributed by atoms with E-state index in [2.05, 4.69) is 11.3 Å². The van der Waals surface area contributed by atoms with E-state index in [0.717, 1.165) is 5.57 Å². The fraction of sp³-hybridized carbons (Fsp3) is 0.643. The average Bonchev–Trinajstić information content (AvgIpc) is 2.84. The maximum absolute atomic E-state index is 12.0. The van der Waals surface area contributed by atoms with Gasteiger partial charge in [0.1, 0.15) is 6.04 Å². The van der Waals surface area contributed by atoms with E-state index in [1.807, 2.05) is 0 Å². The summed E-state index contributed by atoms with van der Waals surface area (Å²) >= 11 is 0. The quantitative estimate of drug-likeness (QED) is 0.437. The van der Waals surface area contributed by atoms with Crippen LogP contribution in [0, 0.1) is 11.8 Å². The van der Waals surface area contributed by atoms with E-state index in [0.29, 0.717) is 0 Å². The number of hydrogen-bond acceptors (Lipinski definition) is 6. The molecule has 0 aliphatic carbocycles. The lowest BCUT2D eigenvalue weighted by Gasteiger charge is -2.24.